The summed E-state index contributed by atoms with van der Waals surface area (Å²) in [7, 11) is 0. The standard InChI is InChI=1S/C20H22N2OS/c1-4-14(2)22-19(23)17-12-8-9-13-18(17)21-20(22)24-15(3)16-10-6-5-7-11-16/h5-15H,4H2,1-3H3/t14-,15+/m0/s1. The number of para-hydroxylation sites is 1. The van der Waals surface area contributed by atoms with Gasteiger partial charge < -0.3 is 0 Å². The Labute approximate surface area is 146 Å². The van der Waals surface area contributed by atoms with Gasteiger partial charge in [-0.3, -0.25) is 9.36 Å². The summed E-state index contributed by atoms with van der Waals surface area (Å²) < 4.78 is 1.85. The van der Waals surface area contributed by atoms with E-state index >= 15 is 0 Å². The lowest BCUT2D eigenvalue weighted by atomic mass is 10.2. The van der Waals surface area contributed by atoms with Crippen molar-refractivity contribution in [2.75, 3.05) is 0 Å². The second kappa shape index (κ2) is 7.22. The fraction of sp³-hybridized carbons (Fsp3) is 0.300. The molecule has 2 atom stereocenters. The fourth-order valence-corrected chi connectivity index (χ4v) is 3.87. The summed E-state index contributed by atoms with van der Waals surface area (Å²) in [6, 6.07) is 18.1. The molecule has 4 heteroatoms. The van der Waals surface area contributed by atoms with Crippen molar-refractivity contribution in [2.24, 2.45) is 0 Å². The minimum Gasteiger partial charge on any atom is -0.284 e. The van der Waals surface area contributed by atoms with Crippen LogP contribution in [0.25, 0.3) is 10.9 Å². The first-order valence-corrected chi connectivity index (χ1v) is 9.22. The summed E-state index contributed by atoms with van der Waals surface area (Å²) in [5.41, 5.74) is 2.06. The number of hydrogen-bond acceptors (Lipinski definition) is 3. The van der Waals surface area contributed by atoms with Crippen molar-refractivity contribution in [3.05, 3.63) is 70.5 Å². The first kappa shape index (κ1) is 16.8. The van der Waals surface area contributed by atoms with Crippen molar-refractivity contribution in [2.45, 2.75) is 43.6 Å². The average Bonchev–Trinajstić information content (AvgIpc) is 2.62. The van der Waals surface area contributed by atoms with Gasteiger partial charge in [-0.15, -0.1) is 0 Å². The fourth-order valence-electron chi connectivity index (χ4n) is 2.73. The topological polar surface area (TPSA) is 34.9 Å². The predicted octanol–water partition coefficient (Wildman–Crippen LogP) is 5.22. The smallest absolute Gasteiger partial charge is 0.262 e. The summed E-state index contributed by atoms with van der Waals surface area (Å²) in [5, 5.41) is 1.72. The Hall–Kier alpha value is -2.07. The molecule has 0 aliphatic rings. The number of fused-ring (bicyclic) bond motifs is 1. The van der Waals surface area contributed by atoms with Gasteiger partial charge in [0.25, 0.3) is 5.56 Å². The molecular formula is C20H22N2OS. The van der Waals surface area contributed by atoms with Crippen LogP contribution < -0.4 is 5.56 Å². The van der Waals surface area contributed by atoms with Crippen molar-refractivity contribution >= 4 is 22.7 Å². The van der Waals surface area contributed by atoms with E-state index in [2.05, 4.69) is 32.9 Å². The molecule has 0 N–H and O–H groups in total. The second-order valence-corrected chi connectivity index (χ2v) is 7.32. The zero-order valence-corrected chi connectivity index (χ0v) is 15.1. The summed E-state index contributed by atoms with van der Waals surface area (Å²) in [6.45, 7) is 6.33. The van der Waals surface area contributed by atoms with Crippen LogP contribution in [0.5, 0.6) is 0 Å². The Bertz CT molecular complexity index is 889. The highest BCUT2D eigenvalue weighted by atomic mass is 32.2. The van der Waals surface area contributed by atoms with E-state index in [1.807, 2.05) is 47.0 Å². The first-order chi connectivity index (χ1) is 11.6. The third kappa shape index (κ3) is 3.24. The van der Waals surface area contributed by atoms with Gasteiger partial charge in [0.05, 0.1) is 10.9 Å². The Morgan fingerprint density at radius 3 is 2.42 bits per heavy atom. The molecule has 3 aromatic rings. The van der Waals surface area contributed by atoms with Crippen LogP contribution in [0, 0.1) is 0 Å². The molecule has 3 nitrogen and oxygen atoms in total. The molecule has 124 valence electrons. The number of nitrogens with zero attached hydrogens (tertiary/aromatic N) is 2. The van der Waals surface area contributed by atoms with Gasteiger partial charge in [0.1, 0.15) is 0 Å². The zero-order valence-electron chi connectivity index (χ0n) is 14.3. The summed E-state index contributed by atoms with van der Waals surface area (Å²) in [5.74, 6) is 0. The van der Waals surface area contributed by atoms with Gasteiger partial charge in [-0.1, -0.05) is 61.2 Å². The highest BCUT2D eigenvalue weighted by Crippen LogP contribution is 2.34. The van der Waals surface area contributed by atoms with E-state index in [0.29, 0.717) is 5.39 Å². The molecule has 24 heavy (non-hydrogen) atoms. The molecule has 0 radical (unpaired) electrons. The van der Waals surface area contributed by atoms with Crippen LogP contribution in [-0.4, -0.2) is 9.55 Å². The molecule has 0 bridgehead atoms. The van der Waals surface area contributed by atoms with Gasteiger partial charge >= 0.3 is 0 Å². The summed E-state index contributed by atoms with van der Waals surface area (Å²) in [6.07, 6.45) is 0.896. The Balaban J connectivity index is 2.10. The third-order valence-electron chi connectivity index (χ3n) is 4.36. The van der Waals surface area contributed by atoms with Crippen LogP contribution in [0.3, 0.4) is 0 Å². The number of hydrogen-bond donors (Lipinski definition) is 0. The molecule has 0 saturated carbocycles. The summed E-state index contributed by atoms with van der Waals surface area (Å²) >= 11 is 1.65. The molecule has 0 aliphatic carbocycles. The minimum absolute atomic E-state index is 0.0534. The molecule has 3 rings (SSSR count). The van der Waals surface area contributed by atoms with Crippen LogP contribution in [0.2, 0.25) is 0 Å². The quantitative estimate of drug-likeness (QED) is 0.472. The first-order valence-electron chi connectivity index (χ1n) is 8.34. The SMILES string of the molecule is CC[C@H](C)n1c(S[C@H](C)c2ccccc2)nc2ccccc2c1=O. The Kier molecular flexibility index (Phi) is 5.05. The average molecular weight is 338 g/mol. The molecule has 0 amide bonds. The van der Waals surface area contributed by atoms with E-state index in [1.165, 1.54) is 5.56 Å². The van der Waals surface area contributed by atoms with E-state index in [9.17, 15) is 4.79 Å². The molecule has 1 heterocycles. The molecule has 0 spiro atoms. The van der Waals surface area contributed by atoms with E-state index in [0.717, 1.165) is 17.1 Å². The highest BCUT2D eigenvalue weighted by molar-refractivity contribution is 7.99. The van der Waals surface area contributed by atoms with Gasteiger partial charge in [-0.05, 0) is 38.0 Å². The van der Waals surface area contributed by atoms with Crippen molar-refractivity contribution in [3.63, 3.8) is 0 Å². The van der Waals surface area contributed by atoms with Crippen LogP contribution in [0.15, 0.2) is 64.5 Å². The van der Waals surface area contributed by atoms with Gasteiger partial charge in [-0.2, -0.15) is 0 Å². The van der Waals surface area contributed by atoms with Gasteiger partial charge in [0.15, 0.2) is 5.16 Å². The highest BCUT2D eigenvalue weighted by Gasteiger charge is 2.18. The van der Waals surface area contributed by atoms with E-state index in [4.69, 9.17) is 4.98 Å². The van der Waals surface area contributed by atoms with Gasteiger partial charge in [-0.25, -0.2) is 4.98 Å². The third-order valence-corrected chi connectivity index (χ3v) is 5.48. The van der Waals surface area contributed by atoms with Gasteiger partial charge in [0, 0.05) is 11.3 Å². The number of rotatable bonds is 5. The maximum atomic E-state index is 13.0. The number of benzene rings is 2. The summed E-state index contributed by atoms with van der Waals surface area (Å²) in [4.78, 5) is 17.8. The minimum atomic E-state index is 0.0534. The van der Waals surface area contributed by atoms with E-state index < -0.39 is 0 Å². The molecule has 0 aliphatic heterocycles. The Morgan fingerprint density at radius 2 is 1.71 bits per heavy atom. The largest absolute Gasteiger partial charge is 0.284 e. The predicted molar refractivity (Wildman–Crippen MR) is 102 cm³/mol. The monoisotopic (exact) mass is 338 g/mol. The van der Waals surface area contributed by atoms with E-state index in [-0.39, 0.29) is 16.9 Å². The lowest BCUT2D eigenvalue weighted by Gasteiger charge is -2.20. The molecule has 1 aromatic heterocycles. The lowest BCUT2D eigenvalue weighted by molar-refractivity contribution is 0.468. The Morgan fingerprint density at radius 1 is 1.04 bits per heavy atom. The maximum Gasteiger partial charge on any atom is 0.262 e. The van der Waals surface area contributed by atoms with Crippen LogP contribution >= 0.6 is 11.8 Å². The van der Waals surface area contributed by atoms with Crippen molar-refractivity contribution < 1.29 is 0 Å². The van der Waals surface area contributed by atoms with E-state index in [1.54, 1.807) is 11.8 Å². The molecule has 0 saturated heterocycles. The normalized spacial score (nSPS) is 13.8. The zero-order chi connectivity index (χ0) is 17.1. The van der Waals surface area contributed by atoms with Gasteiger partial charge in [0.2, 0.25) is 0 Å². The van der Waals surface area contributed by atoms with Crippen molar-refractivity contribution in [1.82, 2.24) is 9.55 Å². The van der Waals surface area contributed by atoms with Crippen LogP contribution in [0.4, 0.5) is 0 Å². The van der Waals surface area contributed by atoms with Crippen molar-refractivity contribution in [1.29, 1.82) is 0 Å². The van der Waals surface area contributed by atoms with Crippen LogP contribution in [-0.2, 0) is 0 Å². The molecule has 0 fully saturated rings. The molecular weight excluding hydrogens is 316 g/mol. The second-order valence-electron chi connectivity index (χ2n) is 6.01. The van der Waals surface area contributed by atoms with Crippen molar-refractivity contribution in [3.8, 4) is 0 Å². The lowest BCUT2D eigenvalue weighted by Crippen LogP contribution is -2.26. The number of thioether (sulfide) groups is 1. The van der Waals surface area contributed by atoms with Crippen LogP contribution in [0.1, 0.15) is 44.0 Å². The maximum absolute atomic E-state index is 13.0. The molecule has 0 unspecified atom stereocenters. The number of aromatic nitrogens is 2. The molecule has 2 aromatic carbocycles.